The van der Waals surface area contributed by atoms with Gasteiger partial charge in [-0.15, -0.1) is 0 Å². The number of guanidine groups is 1. The minimum absolute atomic E-state index is 0.0334. The molecule has 1 aromatic carbocycles. The number of benzene rings is 1. The first-order valence-electron chi connectivity index (χ1n) is 9.51. The summed E-state index contributed by atoms with van der Waals surface area (Å²) in [5.74, 6) is 0.732. The van der Waals surface area contributed by atoms with E-state index in [9.17, 15) is 4.79 Å². The SMILES string of the molecule is CCN1CCCC1CNC(=NCc1cccc(C)c1)NCC(=O)N(C)C. The number of nitrogens with zero attached hydrogens (tertiary/aromatic N) is 3. The maximum atomic E-state index is 11.9. The second-order valence-electron chi connectivity index (χ2n) is 7.10. The van der Waals surface area contributed by atoms with Gasteiger partial charge in [0, 0.05) is 26.7 Å². The minimum atomic E-state index is 0.0334. The molecule has 1 saturated heterocycles. The van der Waals surface area contributed by atoms with Gasteiger partial charge in [-0.25, -0.2) is 4.99 Å². The van der Waals surface area contributed by atoms with Crippen molar-refractivity contribution in [2.45, 2.75) is 39.3 Å². The van der Waals surface area contributed by atoms with Crippen LogP contribution in [-0.2, 0) is 11.3 Å². The van der Waals surface area contributed by atoms with Gasteiger partial charge in [-0.1, -0.05) is 36.8 Å². The van der Waals surface area contributed by atoms with Crippen molar-refractivity contribution >= 4 is 11.9 Å². The molecule has 2 rings (SSSR count). The van der Waals surface area contributed by atoms with Gasteiger partial charge in [-0.2, -0.15) is 0 Å². The Bertz CT molecular complexity index is 614. The largest absolute Gasteiger partial charge is 0.355 e. The summed E-state index contributed by atoms with van der Waals surface area (Å²) in [6.07, 6.45) is 2.46. The van der Waals surface area contributed by atoms with Crippen molar-refractivity contribution in [3.05, 3.63) is 35.4 Å². The first-order chi connectivity index (χ1) is 12.5. The van der Waals surface area contributed by atoms with Crippen LogP contribution in [0, 0.1) is 6.92 Å². The van der Waals surface area contributed by atoms with Crippen molar-refractivity contribution in [3.63, 3.8) is 0 Å². The summed E-state index contributed by atoms with van der Waals surface area (Å²) < 4.78 is 0. The summed E-state index contributed by atoms with van der Waals surface area (Å²) in [6.45, 7) is 8.23. The third-order valence-corrected chi connectivity index (χ3v) is 4.82. The molecular weight excluding hydrogens is 326 g/mol. The molecule has 6 nitrogen and oxygen atoms in total. The van der Waals surface area contributed by atoms with Gasteiger partial charge in [-0.3, -0.25) is 9.69 Å². The lowest BCUT2D eigenvalue weighted by atomic mass is 10.1. The molecule has 0 spiro atoms. The van der Waals surface area contributed by atoms with Crippen molar-refractivity contribution in [1.82, 2.24) is 20.4 Å². The number of hydrogen-bond donors (Lipinski definition) is 2. The first kappa shape index (κ1) is 20.2. The average Bonchev–Trinajstić information content (AvgIpc) is 3.08. The molecule has 0 aromatic heterocycles. The van der Waals surface area contributed by atoms with Gasteiger partial charge in [-0.05, 0) is 38.4 Å². The Hall–Kier alpha value is -2.08. The Morgan fingerprint density at radius 2 is 2.15 bits per heavy atom. The number of rotatable bonds is 7. The van der Waals surface area contributed by atoms with Crippen LogP contribution in [-0.4, -0.2) is 68.0 Å². The highest BCUT2D eigenvalue weighted by Gasteiger charge is 2.22. The molecule has 0 radical (unpaired) electrons. The van der Waals surface area contributed by atoms with Crippen LogP contribution in [0.25, 0.3) is 0 Å². The number of nitrogens with one attached hydrogen (secondary N) is 2. The van der Waals surface area contributed by atoms with Gasteiger partial charge in [0.2, 0.25) is 5.91 Å². The molecule has 2 N–H and O–H groups in total. The Morgan fingerprint density at radius 1 is 1.35 bits per heavy atom. The zero-order valence-electron chi connectivity index (χ0n) is 16.6. The summed E-state index contributed by atoms with van der Waals surface area (Å²) in [5.41, 5.74) is 2.40. The highest BCUT2D eigenvalue weighted by Crippen LogP contribution is 2.15. The van der Waals surface area contributed by atoms with Crippen molar-refractivity contribution in [1.29, 1.82) is 0 Å². The van der Waals surface area contributed by atoms with E-state index in [4.69, 9.17) is 0 Å². The predicted octanol–water partition coefficient (Wildman–Crippen LogP) is 1.60. The molecule has 1 aliphatic heterocycles. The van der Waals surface area contributed by atoms with Crippen LogP contribution >= 0.6 is 0 Å². The quantitative estimate of drug-likeness (QED) is 0.574. The van der Waals surface area contributed by atoms with E-state index in [0.29, 0.717) is 18.5 Å². The van der Waals surface area contributed by atoms with E-state index in [0.717, 1.165) is 13.1 Å². The van der Waals surface area contributed by atoms with E-state index in [2.05, 4.69) is 52.6 Å². The van der Waals surface area contributed by atoms with Crippen LogP contribution in [0.15, 0.2) is 29.3 Å². The minimum Gasteiger partial charge on any atom is -0.355 e. The van der Waals surface area contributed by atoms with E-state index >= 15 is 0 Å². The molecule has 0 bridgehead atoms. The number of carbonyl (C=O) groups is 1. The maximum Gasteiger partial charge on any atom is 0.241 e. The average molecular weight is 360 g/mol. The van der Waals surface area contributed by atoms with Gasteiger partial charge >= 0.3 is 0 Å². The topological polar surface area (TPSA) is 60.0 Å². The van der Waals surface area contributed by atoms with Crippen LogP contribution in [0.1, 0.15) is 30.9 Å². The summed E-state index contributed by atoms with van der Waals surface area (Å²) in [7, 11) is 3.53. The molecule has 1 aliphatic rings. The van der Waals surface area contributed by atoms with Gasteiger partial charge < -0.3 is 15.5 Å². The van der Waals surface area contributed by atoms with E-state index in [1.165, 1.54) is 30.5 Å². The van der Waals surface area contributed by atoms with Gasteiger partial charge in [0.05, 0.1) is 13.1 Å². The van der Waals surface area contributed by atoms with Gasteiger partial charge in [0.15, 0.2) is 5.96 Å². The number of carbonyl (C=O) groups excluding carboxylic acids is 1. The summed E-state index contributed by atoms with van der Waals surface area (Å²) in [5, 5.41) is 6.60. The fraction of sp³-hybridized carbons (Fsp3) is 0.600. The fourth-order valence-corrected chi connectivity index (χ4v) is 3.23. The highest BCUT2D eigenvalue weighted by molar-refractivity contribution is 5.86. The first-order valence-corrected chi connectivity index (χ1v) is 9.51. The zero-order valence-corrected chi connectivity index (χ0v) is 16.6. The van der Waals surface area contributed by atoms with Crippen molar-refractivity contribution in [3.8, 4) is 0 Å². The molecule has 0 saturated carbocycles. The number of likely N-dealkylation sites (tertiary alicyclic amines) is 1. The number of hydrogen-bond acceptors (Lipinski definition) is 3. The number of aliphatic imine (C=N–C) groups is 1. The Morgan fingerprint density at radius 3 is 2.85 bits per heavy atom. The summed E-state index contributed by atoms with van der Waals surface area (Å²) >= 11 is 0. The van der Waals surface area contributed by atoms with E-state index < -0.39 is 0 Å². The molecule has 1 amide bonds. The van der Waals surface area contributed by atoms with E-state index in [1.54, 1.807) is 19.0 Å². The molecule has 1 atom stereocenters. The van der Waals surface area contributed by atoms with Crippen molar-refractivity contribution in [2.24, 2.45) is 4.99 Å². The molecule has 1 aromatic rings. The second kappa shape index (κ2) is 10.2. The third kappa shape index (κ3) is 6.33. The van der Waals surface area contributed by atoms with Crippen molar-refractivity contribution < 1.29 is 4.79 Å². The molecule has 1 unspecified atom stereocenters. The molecule has 6 heteroatoms. The molecule has 1 heterocycles. The standard InChI is InChI=1S/C20H33N5O/c1-5-25-11-7-10-18(25)14-22-20(23-15-19(26)24(3)4)21-13-17-9-6-8-16(2)12-17/h6,8-9,12,18H,5,7,10-11,13-15H2,1-4H3,(H2,21,22,23). The number of likely N-dealkylation sites (N-methyl/N-ethyl adjacent to an activating group) is 2. The van der Waals surface area contributed by atoms with Crippen LogP contribution in [0.5, 0.6) is 0 Å². The fourth-order valence-electron chi connectivity index (χ4n) is 3.23. The smallest absolute Gasteiger partial charge is 0.241 e. The van der Waals surface area contributed by atoms with Crippen molar-refractivity contribution in [2.75, 3.05) is 40.3 Å². The van der Waals surface area contributed by atoms with Crippen LogP contribution in [0.2, 0.25) is 0 Å². The zero-order chi connectivity index (χ0) is 18.9. The predicted molar refractivity (Wildman–Crippen MR) is 107 cm³/mol. The molecule has 0 aliphatic carbocycles. The summed E-state index contributed by atoms with van der Waals surface area (Å²) in [6, 6.07) is 8.89. The lowest BCUT2D eigenvalue weighted by molar-refractivity contribution is -0.127. The number of amides is 1. The van der Waals surface area contributed by atoms with E-state index in [1.807, 2.05) is 6.07 Å². The summed E-state index contributed by atoms with van der Waals surface area (Å²) in [4.78, 5) is 20.7. The Labute approximate surface area is 157 Å². The highest BCUT2D eigenvalue weighted by atomic mass is 16.2. The third-order valence-electron chi connectivity index (χ3n) is 4.82. The maximum absolute atomic E-state index is 11.9. The van der Waals surface area contributed by atoms with Gasteiger partial charge in [0.25, 0.3) is 0 Å². The number of aryl methyl sites for hydroxylation is 1. The lowest BCUT2D eigenvalue weighted by Crippen LogP contribution is -2.47. The molecule has 1 fully saturated rings. The van der Waals surface area contributed by atoms with Crippen LogP contribution in [0.4, 0.5) is 0 Å². The Balaban J connectivity index is 1.97. The second-order valence-corrected chi connectivity index (χ2v) is 7.10. The lowest BCUT2D eigenvalue weighted by Gasteiger charge is -2.24. The molecule has 144 valence electrons. The van der Waals surface area contributed by atoms with Crippen LogP contribution in [0.3, 0.4) is 0 Å². The van der Waals surface area contributed by atoms with Crippen LogP contribution < -0.4 is 10.6 Å². The monoisotopic (exact) mass is 359 g/mol. The molecule has 26 heavy (non-hydrogen) atoms. The van der Waals surface area contributed by atoms with E-state index in [-0.39, 0.29) is 12.5 Å². The normalized spacial score (nSPS) is 18.0. The van der Waals surface area contributed by atoms with Gasteiger partial charge in [0.1, 0.15) is 0 Å². The Kier molecular flexibility index (Phi) is 7.91. The molecular formula is C20H33N5O.